The Kier molecular flexibility index (Phi) is 4.39. The molecule has 2 atom stereocenters. The Labute approximate surface area is 123 Å². The first-order chi connectivity index (χ1) is 9.27. The number of sulfonamides is 1. The van der Waals surface area contributed by atoms with Crippen LogP contribution in [0.5, 0.6) is 0 Å². The standard InChI is InChI=1S/C13H18ClFN2O2S/c1-8-6-17(7-9(8)2)20(18,19)12-4-11(14)3-10(5-16)13(12)15/h3-4,8-9H,5-7,16H2,1-2H3. The molecule has 4 nitrogen and oxygen atoms in total. The van der Waals surface area contributed by atoms with E-state index in [2.05, 4.69) is 0 Å². The summed E-state index contributed by atoms with van der Waals surface area (Å²) >= 11 is 5.87. The molecule has 7 heteroatoms. The number of rotatable bonds is 3. The maximum absolute atomic E-state index is 14.3. The molecule has 20 heavy (non-hydrogen) atoms. The van der Waals surface area contributed by atoms with Gasteiger partial charge in [-0.3, -0.25) is 0 Å². The van der Waals surface area contributed by atoms with Crippen molar-refractivity contribution in [3.05, 3.63) is 28.5 Å². The second kappa shape index (κ2) is 5.60. The van der Waals surface area contributed by atoms with E-state index in [-0.39, 0.29) is 33.9 Å². The van der Waals surface area contributed by atoms with Gasteiger partial charge in [0.15, 0.2) is 0 Å². The number of nitrogens with two attached hydrogens (primary N) is 1. The van der Waals surface area contributed by atoms with E-state index in [1.807, 2.05) is 13.8 Å². The minimum Gasteiger partial charge on any atom is -0.326 e. The molecule has 0 radical (unpaired) electrons. The average molecular weight is 321 g/mol. The second-order valence-electron chi connectivity index (χ2n) is 5.36. The van der Waals surface area contributed by atoms with Crippen molar-refractivity contribution in [2.24, 2.45) is 17.6 Å². The van der Waals surface area contributed by atoms with Crippen LogP contribution in [0.1, 0.15) is 19.4 Å². The highest BCUT2D eigenvalue weighted by Gasteiger charge is 2.36. The van der Waals surface area contributed by atoms with Crippen molar-refractivity contribution in [1.29, 1.82) is 0 Å². The summed E-state index contributed by atoms with van der Waals surface area (Å²) in [6, 6.07) is 2.50. The van der Waals surface area contributed by atoms with Gasteiger partial charge < -0.3 is 5.73 Å². The van der Waals surface area contributed by atoms with Gasteiger partial charge in [-0.05, 0) is 24.0 Å². The maximum Gasteiger partial charge on any atom is 0.246 e. The second-order valence-corrected chi connectivity index (χ2v) is 7.70. The molecule has 2 unspecified atom stereocenters. The SMILES string of the molecule is CC1CN(S(=O)(=O)c2cc(Cl)cc(CN)c2F)CC1C. The first-order valence-electron chi connectivity index (χ1n) is 6.45. The lowest BCUT2D eigenvalue weighted by atomic mass is 10.0. The zero-order valence-electron chi connectivity index (χ0n) is 11.4. The summed E-state index contributed by atoms with van der Waals surface area (Å²) in [4.78, 5) is -0.383. The third kappa shape index (κ3) is 2.70. The van der Waals surface area contributed by atoms with E-state index in [1.165, 1.54) is 10.4 Å². The number of hydrogen-bond donors (Lipinski definition) is 1. The molecule has 1 saturated heterocycles. The minimum atomic E-state index is -3.87. The fourth-order valence-electron chi connectivity index (χ4n) is 2.37. The highest BCUT2D eigenvalue weighted by atomic mass is 35.5. The van der Waals surface area contributed by atoms with Crippen LogP contribution < -0.4 is 5.73 Å². The van der Waals surface area contributed by atoms with Gasteiger partial charge in [0.1, 0.15) is 10.7 Å². The van der Waals surface area contributed by atoms with Gasteiger partial charge in [-0.1, -0.05) is 25.4 Å². The molecule has 0 bridgehead atoms. The van der Waals surface area contributed by atoms with Crippen molar-refractivity contribution in [2.75, 3.05) is 13.1 Å². The molecule has 2 rings (SSSR count). The summed E-state index contributed by atoms with van der Waals surface area (Å²) in [5.74, 6) is -0.300. The van der Waals surface area contributed by atoms with Crippen LogP contribution in [0.2, 0.25) is 5.02 Å². The van der Waals surface area contributed by atoms with E-state index < -0.39 is 15.8 Å². The third-order valence-electron chi connectivity index (χ3n) is 3.87. The number of nitrogens with zero attached hydrogens (tertiary/aromatic N) is 1. The summed E-state index contributed by atoms with van der Waals surface area (Å²) in [5, 5.41) is 0.172. The summed E-state index contributed by atoms with van der Waals surface area (Å²) in [6.45, 7) is 4.67. The molecule has 2 N–H and O–H groups in total. The molecule has 1 fully saturated rings. The van der Waals surface area contributed by atoms with E-state index in [1.54, 1.807) is 0 Å². The van der Waals surface area contributed by atoms with Crippen molar-refractivity contribution < 1.29 is 12.8 Å². The zero-order valence-corrected chi connectivity index (χ0v) is 13.0. The molecule has 0 amide bonds. The van der Waals surface area contributed by atoms with Crippen LogP contribution in [-0.2, 0) is 16.6 Å². The molecule has 0 saturated carbocycles. The predicted molar refractivity (Wildman–Crippen MR) is 76.4 cm³/mol. The van der Waals surface area contributed by atoms with Gasteiger partial charge in [0.05, 0.1) is 0 Å². The predicted octanol–water partition coefficient (Wildman–Crippen LogP) is 2.21. The largest absolute Gasteiger partial charge is 0.326 e. The first-order valence-corrected chi connectivity index (χ1v) is 8.27. The lowest BCUT2D eigenvalue weighted by Gasteiger charge is -2.18. The summed E-state index contributed by atoms with van der Waals surface area (Å²) in [7, 11) is -3.87. The quantitative estimate of drug-likeness (QED) is 0.928. The highest BCUT2D eigenvalue weighted by molar-refractivity contribution is 7.89. The molecule has 0 aromatic heterocycles. The van der Waals surface area contributed by atoms with Crippen LogP contribution in [-0.4, -0.2) is 25.8 Å². The maximum atomic E-state index is 14.3. The lowest BCUT2D eigenvalue weighted by Crippen LogP contribution is -2.30. The summed E-state index contributed by atoms with van der Waals surface area (Å²) < 4.78 is 40.7. The average Bonchev–Trinajstić information content (AvgIpc) is 2.72. The normalized spacial score (nSPS) is 24.2. The van der Waals surface area contributed by atoms with Gasteiger partial charge in [0.2, 0.25) is 10.0 Å². The summed E-state index contributed by atoms with van der Waals surface area (Å²) in [6.07, 6.45) is 0. The van der Waals surface area contributed by atoms with E-state index in [9.17, 15) is 12.8 Å². The van der Waals surface area contributed by atoms with Gasteiger partial charge in [0.25, 0.3) is 0 Å². The molecule has 0 aliphatic carbocycles. The van der Waals surface area contributed by atoms with Crippen LogP contribution in [0.3, 0.4) is 0 Å². The van der Waals surface area contributed by atoms with Crippen LogP contribution in [0.25, 0.3) is 0 Å². The van der Waals surface area contributed by atoms with Crippen LogP contribution in [0.15, 0.2) is 17.0 Å². The van der Waals surface area contributed by atoms with Crippen molar-refractivity contribution in [1.82, 2.24) is 4.31 Å². The van der Waals surface area contributed by atoms with Gasteiger partial charge >= 0.3 is 0 Å². The molecule has 1 aliphatic heterocycles. The van der Waals surface area contributed by atoms with Gasteiger partial charge in [-0.25, -0.2) is 12.8 Å². The Balaban J connectivity index is 2.48. The molecule has 1 aromatic rings. The van der Waals surface area contributed by atoms with Crippen molar-refractivity contribution >= 4 is 21.6 Å². The summed E-state index contributed by atoms with van der Waals surface area (Å²) in [5.41, 5.74) is 5.53. The molecule has 112 valence electrons. The fourth-order valence-corrected chi connectivity index (χ4v) is 4.45. The Morgan fingerprint density at radius 1 is 1.35 bits per heavy atom. The molecule has 1 aliphatic rings. The van der Waals surface area contributed by atoms with Crippen LogP contribution in [0, 0.1) is 17.7 Å². The Bertz CT molecular complexity index is 611. The Hall–Kier alpha value is -0.690. The molecule has 1 heterocycles. The van der Waals surface area contributed by atoms with Crippen molar-refractivity contribution in [3.63, 3.8) is 0 Å². The fraction of sp³-hybridized carbons (Fsp3) is 0.538. The molecule has 1 aromatic carbocycles. The minimum absolute atomic E-state index is 0.0955. The number of benzene rings is 1. The third-order valence-corrected chi connectivity index (χ3v) is 5.92. The topological polar surface area (TPSA) is 63.4 Å². The van der Waals surface area contributed by atoms with Gasteiger partial charge in [-0.15, -0.1) is 0 Å². The van der Waals surface area contributed by atoms with Crippen LogP contribution in [0.4, 0.5) is 4.39 Å². The van der Waals surface area contributed by atoms with Crippen LogP contribution >= 0.6 is 11.6 Å². The number of hydrogen-bond acceptors (Lipinski definition) is 3. The molecular weight excluding hydrogens is 303 g/mol. The van der Waals surface area contributed by atoms with Gasteiger partial charge in [-0.2, -0.15) is 4.31 Å². The number of halogens is 2. The monoisotopic (exact) mass is 320 g/mol. The van der Waals surface area contributed by atoms with E-state index in [0.717, 1.165) is 6.07 Å². The van der Waals surface area contributed by atoms with E-state index in [4.69, 9.17) is 17.3 Å². The van der Waals surface area contributed by atoms with E-state index in [0.29, 0.717) is 13.1 Å². The molecule has 0 spiro atoms. The van der Waals surface area contributed by atoms with Crippen molar-refractivity contribution in [3.8, 4) is 0 Å². The van der Waals surface area contributed by atoms with Crippen molar-refractivity contribution in [2.45, 2.75) is 25.3 Å². The van der Waals surface area contributed by atoms with E-state index >= 15 is 0 Å². The zero-order chi connectivity index (χ0) is 15.1. The highest BCUT2D eigenvalue weighted by Crippen LogP contribution is 2.31. The Morgan fingerprint density at radius 2 is 1.90 bits per heavy atom. The first kappa shape index (κ1) is 15.7. The van der Waals surface area contributed by atoms with Gasteiger partial charge in [0, 0.05) is 30.2 Å². The molecular formula is C13H18ClFN2O2S. The Morgan fingerprint density at radius 3 is 2.40 bits per heavy atom. The smallest absolute Gasteiger partial charge is 0.246 e. The lowest BCUT2D eigenvalue weighted by molar-refractivity contribution is 0.456.